The summed E-state index contributed by atoms with van der Waals surface area (Å²) in [5.74, 6) is -0.428. The highest BCUT2D eigenvalue weighted by Crippen LogP contribution is 2.27. The van der Waals surface area contributed by atoms with Crippen LogP contribution in [-0.2, 0) is 9.59 Å². The largest absolute Gasteiger partial charge is 0.481 e. The quantitative estimate of drug-likeness (QED) is 0.668. The fourth-order valence-electron chi connectivity index (χ4n) is 1.81. The molecule has 0 saturated carbocycles. The first-order valence-electron chi connectivity index (χ1n) is 6.50. The van der Waals surface area contributed by atoms with E-state index in [-0.39, 0.29) is 18.9 Å². The van der Waals surface area contributed by atoms with Gasteiger partial charge in [-0.2, -0.15) is 0 Å². The zero-order chi connectivity index (χ0) is 15.2. The molecule has 8 heteroatoms. The van der Waals surface area contributed by atoms with Crippen molar-refractivity contribution < 1.29 is 14.7 Å². The lowest BCUT2D eigenvalue weighted by Crippen LogP contribution is -2.31. The minimum absolute atomic E-state index is 0.0500. The van der Waals surface area contributed by atoms with Crippen molar-refractivity contribution in [3.05, 3.63) is 17.3 Å². The number of carbonyl (C=O) groups is 2. The second-order valence-corrected chi connectivity index (χ2v) is 5.73. The van der Waals surface area contributed by atoms with Crippen molar-refractivity contribution >= 4 is 39.2 Å². The van der Waals surface area contributed by atoms with Gasteiger partial charge in [0.05, 0.1) is 11.9 Å². The number of nitrogens with one attached hydrogen (secondary N) is 2. The monoisotopic (exact) mass is 308 g/mol. The first kappa shape index (κ1) is 15.2. The third kappa shape index (κ3) is 4.38. The number of anilines is 1. The molecule has 0 radical (unpaired) electrons. The Morgan fingerprint density at radius 1 is 1.38 bits per heavy atom. The summed E-state index contributed by atoms with van der Waals surface area (Å²) in [7, 11) is 0. The SMILES string of the molecule is Cc1cc2c(NCC(=O)NCCCC(=O)O)ncnc2s1. The van der Waals surface area contributed by atoms with Gasteiger partial charge < -0.3 is 15.7 Å². The molecule has 7 nitrogen and oxygen atoms in total. The number of aryl methyl sites for hydroxylation is 1. The molecular weight excluding hydrogens is 292 g/mol. The van der Waals surface area contributed by atoms with Gasteiger partial charge in [-0.3, -0.25) is 9.59 Å². The molecule has 0 fully saturated rings. The summed E-state index contributed by atoms with van der Waals surface area (Å²) in [6.45, 7) is 2.43. The van der Waals surface area contributed by atoms with E-state index in [1.807, 2.05) is 13.0 Å². The molecule has 2 aromatic heterocycles. The lowest BCUT2D eigenvalue weighted by Gasteiger charge is -2.07. The first-order chi connectivity index (χ1) is 10.1. The molecule has 0 aliphatic heterocycles. The fraction of sp³-hybridized carbons (Fsp3) is 0.385. The molecular formula is C13H16N4O3S. The highest BCUT2D eigenvalue weighted by molar-refractivity contribution is 7.18. The minimum atomic E-state index is -0.862. The number of hydrogen-bond acceptors (Lipinski definition) is 6. The summed E-state index contributed by atoms with van der Waals surface area (Å²) in [4.78, 5) is 32.3. The molecule has 2 rings (SSSR count). The van der Waals surface area contributed by atoms with E-state index in [0.717, 1.165) is 15.1 Å². The standard InChI is InChI=1S/C13H16N4O3S/c1-8-5-9-12(16-7-17-13(9)21-8)15-6-10(18)14-4-2-3-11(19)20/h5,7H,2-4,6H2,1H3,(H,14,18)(H,19,20)(H,15,16,17). The van der Waals surface area contributed by atoms with Crippen LogP contribution >= 0.6 is 11.3 Å². The predicted molar refractivity (Wildman–Crippen MR) is 80.5 cm³/mol. The molecule has 2 aromatic rings. The maximum absolute atomic E-state index is 11.6. The van der Waals surface area contributed by atoms with E-state index >= 15 is 0 Å². The Kier molecular flexibility index (Phi) is 5.04. The van der Waals surface area contributed by atoms with E-state index in [4.69, 9.17) is 5.11 Å². The molecule has 21 heavy (non-hydrogen) atoms. The van der Waals surface area contributed by atoms with Crippen LogP contribution in [0.15, 0.2) is 12.4 Å². The molecule has 3 N–H and O–H groups in total. The summed E-state index contributed by atoms with van der Waals surface area (Å²) in [6.07, 6.45) is 1.93. The Hall–Kier alpha value is -2.22. The Morgan fingerprint density at radius 3 is 2.95 bits per heavy atom. The second-order valence-electron chi connectivity index (χ2n) is 4.50. The lowest BCUT2D eigenvalue weighted by molar-refractivity contribution is -0.137. The minimum Gasteiger partial charge on any atom is -0.481 e. The second kappa shape index (κ2) is 6.98. The van der Waals surface area contributed by atoms with Crippen LogP contribution in [0.2, 0.25) is 0 Å². The number of nitrogens with zero attached hydrogens (tertiary/aromatic N) is 2. The van der Waals surface area contributed by atoms with E-state index in [2.05, 4.69) is 20.6 Å². The van der Waals surface area contributed by atoms with Gasteiger partial charge in [0.1, 0.15) is 17.0 Å². The summed E-state index contributed by atoms with van der Waals surface area (Å²) >= 11 is 1.57. The summed E-state index contributed by atoms with van der Waals surface area (Å²) < 4.78 is 0. The number of carbonyl (C=O) groups excluding carboxylic acids is 1. The van der Waals surface area contributed by atoms with Crippen molar-refractivity contribution in [2.24, 2.45) is 0 Å². The zero-order valence-corrected chi connectivity index (χ0v) is 12.4. The normalized spacial score (nSPS) is 10.5. The molecule has 0 aliphatic carbocycles. The van der Waals surface area contributed by atoms with Crippen molar-refractivity contribution in [2.75, 3.05) is 18.4 Å². The Labute approximate surface area is 125 Å². The number of carboxylic acid groups (broad SMARTS) is 1. The van der Waals surface area contributed by atoms with Crippen molar-refractivity contribution in [3.8, 4) is 0 Å². The predicted octanol–water partition coefficient (Wildman–Crippen LogP) is 1.39. The number of hydrogen-bond donors (Lipinski definition) is 3. The summed E-state index contributed by atoms with van der Waals surface area (Å²) in [5, 5.41) is 15.0. The third-order valence-corrected chi connectivity index (χ3v) is 3.72. The highest BCUT2D eigenvalue weighted by Gasteiger charge is 2.08. The van der Waals surface area contributed by atoms with E-state index in [0.29, 0.717) is 18.8 Å². The zero-order valence-electron chi connectivity index (χ0n) is 11.5. The van der Waals surface area contributed by atoms with Crippen LogP contribution in [0.5, 0.6) is 0 Å². The average molecular weight is 308 g/mol. The van der Waals surface area contributed by atoms with E-state index in [1.54, 1.807) is 11.3 Å². The average Bonchev–Trinajstić information content (AvgIpc) is 2.81. The lowest BCUT2D eigenvalue weighted by atomic mass is 10.3. The highest BCUT2D eigenvalue weighted by atomic mass is 32.1. The fourth-order valence-corrected chi connectivity index (χ4v) is 2.66. The molecule has 0 saturated heterocycles. The molecule has 112 valence electrons. The van der Waals surface area contributed by atoms with Gasteiger partial charge in [0.15, 0.2) is 0 Å². The van der Waals surface area contributed by atoms with Crippen LogP contribution in [0.4, 0.5) is 5.82 Å². The number of rotatable bonds is 7. The Morgan fingerprint density at radius 2 is 2.19 bits per heavy atom. The maximum atomic E-state index is 11.6. The number of fused-ring (bicyclic) bond motifs is 1. The molecule has 0 aliphatic rings. The van der Waals surface area contributed by atoms with Crippen LogP contribution < -0.4 is 10.6 Å². The molecule has 0 aromatic carbocycles. The van der Waals surface area contributed by atoms with Crippen LogP contribution in [0.25, 0.3) is 10.2 Å². The van der Waals surface area contributed by atoms with Crippen molar-refractivity contribution in [3.63, 3.8) is 0 Å². The van der Waals surface area contributed by atoms with Crippen molar-refractivity contribution in [1.82, 2.24) is 15.3 Å². The van der Waals surface area contributed by atoms with Crippen molar-refractivity contribution in [1.29, 1.82) is 0 Å². The van der Waals surface area contributed by atoms with Gasteiger partial charge in [-0.25, -0.2) is 9.97 Å². The first-order valence-corrected chi connectivity index (χ1v) is 7.31. The van der Waals surface area contributed by atoms with Gasteiger partial charge in [-0.05, 0) is 19.4 Å². The van der Waals surface area contributed by atoms with E-state index in [9.17, 15) is 9.59 Å². The van der Waals surface area contributed by atoms with Gasteiger partial charge in [0.25, 0.3) is 0 Å². The van der Waals surface area contributed by atoms with Crippen LogP contribution in [0, 0.1) is 6.92 Å². The van der Waals surface area contributed by atoms with Crippen LogP contribution in [0.3, 0.4) is 0 Å². The number of carboxylic acids is 1. The summed E-state index contributed by atoms with van der Waals surface area (Å²) in [5.41, 5.74) is 0. The molecule has 0 bridgehead atoms. The van der Waals surface area contributed by atoms with E-state index in [1.165, 1.54) is 6.33 Å². The number of thiophene rings is 1. The molecule has 1 amide bonds. The Bertz CT molecular complexity index is 656. The van der Waals surface area contributed by atoms with Crippen LogP contribution in [0.1, 0.15) is 17.7 Å². The topological polar surface area (TPSA) is 104 Å². The van der Waals surface area contributed by atoms with Gasteiger partial charge in [0.2, 0.25) is 5.91 Å². The molecule has 0 atom stereocenters. The van der Waals surface area contributed by atoms with Crippen LogP contribution in [-0.4, -0.2) is 40.0 Å². The van der Waals surface area contributed by atoms with Gasteiger partial charge >= 0.3 is 5.97 Å². The number of aliphatic carboxylic acids is 1. The molecule has 0 spiro atoms. The van der Waals surface area contributed by atoms with Crippen molar-refractivity contribution in [2.45, 2.75) is 19.8 Å². The maximum Gasteiger partial charge on any atom is 0.303 e. The number of aromatic nitrogens is 2. The number of amides is 1. The van der Waals surface area contributed by atoms with E-state index < -0.39 is 5.97 Å². The van der Waals surface area contributed by atoms with Gasteiger partial charge in [0, 0.05) is 17.8 Å². The summed E-state index contributed by atoms with van der Waals surface area (Å²) in [6, 6.07) is 1.98. The molecule has 2 heterocycles. The third-order valence-electron chi connectivity index (χ3n) is 2.76. The van der Waals surface area contributed by atoms with Gasteiger partial charge in [-0.1, -0.05) is 0 Å². The molecule has 0 unspecified atom stereocenters. The Balaban J connectivity index is 1.84. The van der Waals surface area contributed by atoms with Gasteiger partial charge in [-0.15, -0.1) is 11.3 Å². The smallest absolute Gasteiger partial charge is 0.303 e.